The molecule has 0 spiro atoms. The van der Waals surface area contributed by atoms with Crippen LogP contribution in [0.3, 0.4) is 0 Å². The molecule has 0 N–H and O–H groups in total. The van der Waals surface area contributed by atoms with Crippen LogP contribution in [0, 0.1) is 6.92 Å². The average Bonchev–Trinajstić information content (AvgIpc) is 3.34. The number of hydrogen-bond acceptors (Lipinski definition) is 7. The molecule has 0 saturated carbocycles. The van der Waals surface area contributed by atoms with E-state index in [1.54, 1.807) is 7.11 Å². The summed E-state index contributed by atoms with van der Waals surface area (Å²) in [6.07, 6.45) is 0. The van der Waals surface area contributed by atoms with Crippen LogP contribution in [0.15, 0.2) is 72.8 Å². The number of ether oxygens (including phenoxy) is 1. The summed E-state index contributed by atoms with van der Waals surface area (Å²) in [5.74, 6) is 2.42. The second-order valence-corrected chi connectivity index (χ2v) is 8.91. The summed E-state index contributed by atoms with van der Waals surface area (Å²) in [6.45, 7) is 5.30. The van der Waals surface area contributed by atoms with Crippen molar-refractivity contribution >= 4 is 34.0 Å². The van der Waals surface area contributed by atoms with Crippen molar-refractivity contribution in [1.82, 2.24) is 19.6 Å². The Kier molecular flexibility index (Phi) is 5.48. The molecular weight excluding hydrogens is 452 g/mol. The highest BCUT2D eigenvalue weighted by Gasteiger charge is 2.23. The molecule has 0 unspecified atom stereocenters. The van der Waals surface area contributed by atoms with E-state index in [0.717, 1.165) is 54.6 Å². The number of benzene rings is 3. The molecule has 1 saturated heterocycles. The molecule has 1 aliphatic heterocycles. The molecule has 2 aromatic heterocycles. The summed E-state index contributed by atoms with van der Waals surface area (Å²) in [5.41, 5.74) is 4.80. The number of piperazine rings is 1. The van der Waals surface area contributed by atoms with Crippen LogP contribution in [0.1, 0.15) is 21.7 Å². The first kappa shape index (κ1) is 22.0. The number of carbonyl (C=O) groups is 1. The van der Waals surface area contributed by atoms with Gasteiger partial charge in [0.1, 0.15) is 11.6 Å². The van der Waals surface area contributed by atoms with Crippen LogP contribution in [0.4, 0.5) is 11.5 Å². The van der Waals surface area contributed by atoms with E-state index in [1.807, 2.05) is 72.0 Å². The highest BCUT2D eigenvalue weighted by Crippen LogP contribution is 2.28. The van der Waals surface area contributed by atoms with Crippen LogP contribution in [-0.2, 0) is 0 Å². The predicted octanol–water partition coefficient (Wildman–Crippen LogP) is 4.15. The van der Waals surface area contributed by atoms with Crippen LogP contribution in [0.5, 0.6) is 5.75 Å². The minimum Gasteiger partial charge on any atom is -0.497 e. The average molecular weight is 479 g/mol. The highest BCUT2D eigenvalue weighted by molar-refractivity contribution is 6.10. The molecule has 0 bridgehead atoms. The van der Waals surface area contributed by atoms with Crippen LogP contribution >= 0.6 is 0 Å². The molecule has 36 heavy (non-hydrogen) atoms. The van der Waals surface area contributed by atoms with Crippen molar-refractivity contribution in [2.45, 2.75) is 6.92 Å². The SMILES string of the molecule is COc1ccc(N2CCN(c3nc4ccc(C(=O)c5ccccc5)cc4n4c(C)nnc34)CC2)cc1. The number of methoxy groups -OCH3 is 1. The van der Waals surface area contributed by atoms with Gasteiger partial charge in [-0.3, -0.25) is 9.20 Å². The first-order chi connectivity index (χ1) is 17.6. The molecule has 8 heteroatoms. The van der Waals surface area contributed by atoms with E-state index in [-0.39, 0.29) is 5.78 Å². The van der Waals surface area contributed by atoms with Gasteiger partial charge in [0.2, 0.25) is 5.65 Å². The van der Waals surface area contributed by atoms with Gasteiger partial charge in [-0.2, -0.15) is 0 Å². The van der Waals surface area contributed by atoms with Crippen LogP contribution in [0.2, 0.25) is 0 Å². The Labute approximate surface area is 208 Å². The highest BCUT2D eigenvalue weighted by atomic mass is 16.5. The predicted molar refractivity (Wildman–Crippen MR) is 140 cm³/mol. The van der Waals surface area contributed by atoms with Crippen molar-refractivity contribution in [3.8, 4) is 5.75 Å². The van der Waals surface area contributed by atoms with Crippen LogP contribution in [0.25, 0.3) is 16.7 Å². The number of hydrogen-bond donors (Lipinski definition) is 0. The van der Waals surface area contributed by atoms with E-state index >= 15 is 0 Å². The van der Waals surface area contributed by atoms with Crippen LogP contribution < -0.4 is 14.5 Å². The van der Waals surface area contributed by atoms with Gasteiger partial charge < -0.3 is 14.5 Å². The number of fused-ring (bicyclic) bond motifs is 3. The monoisotopic (exact) mass is 478 g/mol. The third-order valence-electron chi connectivity index (χ3n) is 6.78. The number of ketones is 1. The van der Waals surface area contributed by atoms with E-state index in [2.05, 4.69) is 32.1 Å². The van der Waals surface area contributed by atoms with Gasteiger partial charge >= 0.3 is 0 Å². The lowest BCUT2D eigenvalue weighted by atomic mass is 10.0. The molecule has 0 radical (unpaired) electrons. The van der Waals surface area contributed by atoms with Crippen molar-refractivity contribution in [3.63, 3.8) is 0 Å². The maximum absolute atomic E-state index is 13.1. The number of rotatable bonds is 5. The smallest absolute Gasteiger partial charge is 0.204 e. The third kappa shape index (κ3) is 3.80. The maximum Gasteiger partial charge on any atom is 0.204 e. The van der Waals surface area contributed by atoms with E-state index in [9.17, 15) is 4.79 Å². The first-order valence-electron chi connectivity index (χ1n) is 12.0. The number of nitrogens with zero attached hydrogens (tertiary/aromatic N) is 6. The van der Waals surface area contributed by atoms with Gasteiger partial charge in [-0.05, 0) is 49.4 Å². The maximum atomic E-state index is 13.1. The Morgan fingerprint density at radius 3 is 2.28 bits per heavy atom. The van der Waals surface area contributed by atoms with E-state index in [0.29, 0.717) is 16.8 Å². The van der Waals surface area contributed by atoms with Crippen LogP contribution in [-0.4, -0.2) is 58.7 Å². The lowest BCUT2D eigenvalue weighted by Crippen LogP contribution is -2.47. The molecule has 180 valence electrons. The molecular formula is C28H26N6O2. The number of carbonyl (C=O) groups excluding carboxylic acids is 1. The standard InChI is InChI=1S/C28H26N6O2/c1-19-30-31-28-27(33-16-14-32(15-17-33)22-9-11-23(36-2)12-10-22)29-24-13-8-21(18-25(24)34(19)28)26(35)20-6-4-3-5-7-20/h3-13,18H,14-17H2,1-2H3. The summed E-state index contributed by atoms with van der Waals surface area (Å²) >= 11 is 0. The third-order valence-corrected chi connectivity index (χ3v) is 6.78. The Morgan fingerprint density at radius 2 is 1.56 bits per heavy atom. The summed E-state index contributed by atoms with van der Waals surface area (Å²) in [4.78, 5) is 22.7. The van der Waals surface area contributed by atoms with Crippen molar-refractivity contribution in [1.29, 1.82) is 0 Å². The minimum atomic E-state index is -0.0184. The second kappa shape index (κ2) is 8.96. The number of anilines is 2. The van der Waals surface area contributed by atoms with Crippen molar-refractivity contribution in [2.24, 2.45) is 0 Å². The second-order valence-electron chi connectivity index (χ2n) is 8.91. The summed E-state index contributed by atoms with van der Waals surface area (Å²) in [6, 6.07) is 23.2. The fourth-order valence-electron chi connectivity index (χ4n) is 4.84. The minimum absolute atomic E-state index is 0.0184. The van der Waals surface area contributed by atoms with Crippen molar-refractivity contribution in [2.75, 3.05) is 43.1 Å². The number of aromatic nitrogens is 4. The van der Waals surface area contributed by atoms with Gasteiger partial charge in [0.25, 0.3) is 0 Å². The molecule has 1 fully saturated rings. The molecule has 3 heterocycles. The summed E-state index contributed by atoms with van der Waals surface area (Å²) < 4.78 is 7.29. The Balaban J connectivity index is 1.32. The normalized spacial score (nSPS) is 13.9. The molecule has 5 aromatic rings. The Bertz CT molecular complexity index is 1550. The topological polar surface area (TPSA) is 75.9 Å². The van der Waals surface area contributed by atoms with E-state index in [1.165, 1.54) is 5.69 Å². The first-order valence-corrected chi connectivity index (χ1v) is 12.0. The quantitative estimate of drug-likeness (QED) is 0.351. The van der Waals surface area contributed by atoms with E-state index in [4.69, 9.17) is 9.72 Å². The van der Waals surface area contributed by atoms with Gasteiger partial charge in [-0.15, -0.1) is 10.2 Å². The number of aryl methyl sites for hydroxylation is 1. The van der Waals surface area contributed by atoms with Gasteiger partial charge in [0.05, 0.1) is 18.1 Å². The zero-order valence-electron chi connectivity index (χ0n) is 20.3. The lowest BCUT2D eigenvalue weighted by Gasteiger charge is -2.36. The molecule has 3 aromatic carbocycles. The molecule has 6 rings (SSSR count). The molecule has 0 atom stereocenters. The van der Waals surface area contributed by atoms with Gasteiger partial charge in [0, 0.05) is 43.0 Å². The summed E-state index contributed by atoms with van der Waals surface area (Å²) in [5, 5.41) is 8.82. The summed E-state index contributed by atoms with van der Waals surface area (Å²) in [7, 11) is 1.68. The fraction of sp³-hybridized carbons (Fsp3) is 0.214. The molecule has 1 aliphatic rings. The Hall–Kier alpha value is -4.46. The van der Waals surface area contributed by atoms with Crippen molar-refractivity contribution < 1.29 is 9.53 Å². The van der Waals surface area contributed by atoms with E-state index < -0.39 is 0 Å². The molecule has 0 amide bonds. The van der Waals surface area contributed by atoms with Gasteiger partial charge in [0.15, 0.2) is 11.6 Å². The lowest BCUT2D eigenvalue weighted by molar-refractivity contribution is 0.103. The largest absolute Gasteiger partial charge is 0.497 e. The van der Waals surface area contributed by atoms with Gasteiger partial charge in [-0.25, -0.2) is 4.98 Å². The zero-order valence-corrected chi connectivity index (χ0v) is 20.3. The van der Waals surface area contributed by atoms with Crippen molar-refractivity contribution in [3.05, 3.63) is 89.7 Å². The molecule has 0 aliphatic carbocycles. The van der Waals surface area contributed by atoms with Gasteiger partial charge in [-0.1, -0.05) is 30.3 Å². The zero-order chi connectivity index (χ0) is 24.6. The fourth-order valence-corrected chi connectivity index (χ4v) is 4.84. The Morgan fingerprint density at radius 1 is 0.833 bits per heavy atom. The molecule has 8 nitrogen and oxygen atoms in total.